The van der Waals surface area contributed by atoms with Gasteiger partial charge in [0.15, 0.2) is 6.61 Å². The number of hydrogen-bond acceptors (Lipinski definition) is 7. The SMILES string of the molecule is CC/C(=C(/c1ccc(O)cc1)c1ccc(OCCN(C)CC#CCO/N=C/c2ccc(O)c(C(N)=O)c2)cc1)c1ccccc1. The van der Waals surface area contributed by atoms with Crippen LogP contribution in [0.1, 0.15) is 46.0 Å². The summed E-state index contributed by atoms with van der Waals surface area (Å²) in [5, 5.41) is 23.3. The number of carbonyl (C=O) groups is 1. The van der Waals surface area contributed by atoms with Crippen LogP contribution in [-0.4, -0.2) is 60.6 Å². The van der Waals surface area contributed by atoms with Crippen LogP contribution in [0.3, 0.4) is 0 Å². The Morgan fingerprint density at radius 3 is 2.27 bits per heavy atom. The number of carbonyl (C=O) groups excluding carboxylic acids is 1. The van der Waals surface area contributed by atoms with Crippen molar-refractivity contribution in [2.75, 3.05) is 33.4 Å². The van der Waals surface area contributed by atoms with Crippen molar-refractivity contribution in [2.24, 2.45) is 10.9 Å². The third-order valence-electron chi connectivity index (χ3n) is 6.99. The molecule has 0 spiro atoms. The maximum Gasteiger partial charge on any atom is 0.252 e. The van der Waals surface area contributed by atoms with Crippen LogP contribution in [0.15, 0.2) is 102 Å². The molecular formula is C37H37N3O5. The van der Waals surface area contributed by atoms with E-state index in [9.17, 15) is 15.0 Å². The van der Waals surface area contributed by atoms with Gasteiger partial charge < -0.3 is 25.5 Å². The molecule has 0 unspecified atom stereocenters. The average molecular weight is 604 g/mol. The molecule has 0 heterocycles. The van der Waals surface area contributed by atoms with Gasteiger partial charge >= 0.3 is 0 Å². The zero-order valence-corrected chi connectivity index (χ0v) is 25.4. The number of hydrogen-bond donors (Lipinski definition) is 3. The van der Waals surface area contributed by atoms with Gasteiger partial charge in [-0.3, -0.25) is 9.69 Å². The van der Waals surface area contributed by atoms with Crippen molar-refractivity contribution >= 4 is 23.3 Å². The molecule has 4 N–H and O–H groups in total. The molecule has 0 saturated heterocycles. The number of benzene rings is 4. The number of oxime groups is 1. The van der Waals surface area contributed by atoms with Crippen LogP contribution in [0.2, 0.25) is 0 Å². The van der Waals surface area contributed by atoms with Crippen molar-refractivity contribution in [2.45, 2.75) is 13.3 Å². The molecule has 0 fully saturated rings. The number of nitrogens with two attached hydrogens (primary N) is 1. The highest BCUT2D eigenvalue weighted by Crippen LogP contribution is 2.35. The van der Waals surface area contributed by atoms with Crippen molar-refractivity contribution in [1.29, 1.82) is 0 Å². The minimum absolute atomic E-state index is 0.0177. The predicted octanol–water partition coefficient (Wildman–Crippen LogP) is 5.93. The summed E-state index contributed by atoms with van der Waals surface area (Å²) in [5.74, 6) is 6.06. The van der Waals surface area contributed by atoms with Crippen molar-refractivity contribution in [1.82, 2.24) is 4.90 Å². The standard InChI is InChI=1S/C37H37N3O5/c1-3-33(28-9-5-4-6-10-28)36(29-12-16-31(41)17-13-29)30-14-18-32(19-15-30)44-24-22-40(2)21-7-8-23-45-39-26-27-11-20-35(42)34(25-27)37(38)43/h4-6,9-20,25-26,41-42H,3,21-24H2,1-2H3,(H2,38,43)/b36-33+,39-26+. The lowest BCUT2D eigenvalue weighted by Crippen LogP contribution is -2.24. The van der Waals surface area contributed by atoms with E-state index in [1.54, 1.807) is 18.2 Å². The number of aromatic hydroxyl groups is 2. The average Bonchev–Trinajstić information content (AvgIpc) is 3.05. The molecule has 8 heteroatoms. The fraction of sp³-hybridized carbons (Fsp3) is 0.189. The molecule has 4 aromatic carbocycles. The third-order valence-corrected chi connectivity index (χ3v) is 6.99. The molecule has 4 rings (SSSR count). The highest BCUT2D eigenvalue weighted by Gasteiger charge is 2.13. The van der Waals surface area contributed by atoms with Crippen molar-refractivity contribution < 1.29 is 24.6 Å². The zero-order chi connectivity index (χ0) is 32.0. The van der Waals surface area contributed by atoms with E-state index in [4.69, 9.17) is 15.3 Å². The van der Waals surface area contributed by atoms with Gasteiger partial charge in [0.2, 0.25) is 0 Å². The molecule has 0 aromatic heterocycles. The highest BCUT2D eigenvalue weighted by atomic mass is 16.6. The lowest BCUT2D eigenvalue weighted by Gasteiger charge is -2.17. The van der Waals surface area contributed by atoms with Gasteiger partial charge in [-0.2, -0.15) is 0 Å². The number of phenols is 2. The fourth-order valence-corrected chi connectivity index (χ4v) is 4.66. The first-order valence-corrected chi connectivity index (χ1v) is 14.6. The first kappa shape index (κ1) is 32.4. The van der Waals surface area contributed by atoms with E-state index < -0.39 is 5.91 Å². The summed E-state index contributed by atoms with van der Waals surface area (Å²) in [6, 6.07) is 30.2. The van der Waals surface area contributed by atoms with Crippen LogP contribution in [0, 0.1) is 11.8 Å². The smallest absolute Gasteiger partial charge is 0.252 e. The summed E-state index contributed by atoms with van der Waals surface area (Å²) < 4.78 is 6.01. The van der Waals surface area contributed by atoms with E-state index in [-0.39, 0.29) is 23.7 Å². The number of allylic oxidation sites excluding steroid dienone is 1. The summed E-state index contributed by atoms with van der Waals surface area (Å²) in [6.07, 6.45) is 2.27. The number of amides is 1. The third kappa shape index (κ3) is 9.48. The molecule has 0 aliphatic carbocycles. The molecule has 0 saturated carbocycles. The van der Waals surface area contributed by atoms with E-state index >= 15 is 0 Å². The van der Waals surface area contributed by atoms with Crippen LogP contribution in [0.5, 0.6) is 17.2 Å². The molecule has 1 amide bonds. The van der Waals surface area contributed by atoms with Gasteiger partial charge in [-0.25, -0.2) is 0 Å². The molecular weight excluding hydrogens is 566 g/mol. The van der Waals surface area contributed by atoms with Crippen LogP contribution < -0.4 is 10.5 Å². The van der Waals surface area contributed by atoms with Gasteiger partial charge in [0, 0.05) is 6.54 Å². The summed E-state index contributed by atoms with van der Waals surface area (Å²) in [6.45, 7) is 3.99. The van der Waals surface area contributed by atoms with E-state index in [0.717, 1.165) is 28.9 Å². The zero-order valence-electron chi connectivity index (χ0n) is 25.4. The minimum Gasteiger partial charge on any atom is -0.508 e. The number of phenolic OH excluding ortho intramolecular Hbond substituents is 1. The van der Waals surface area contributed by atoms with E-state index in [1.165, 1.54) is 29.5 Å². The minimum atomic E-state index is -0.722. The number of nitrogens with zero attached hydrogens (tertiary/aromatic N) is 2. The second-order valence-electron chi connectivity index (χ2n) is 10.2. The first-order valence-electron chi connectivity index (χ1n) is 14.6. The monoisotopic (exact) mass is 603 g/mol. The van der Waals surface area contributed by atoms with E-state index in [1.807, 2.05) is 54.4 Å². The Kier molecular flexibility index (Phi) is 11.8. The fourth-order valence-electron chi connectivity index (χ4n) is 4.66. The molecule has 0 atom stereocenters. The lowest BCUT2D eigenvalue weighted by atomic mass is 9.88. The molecule has 230 valence electrons. The summed E-state index contributed by atoms with van der Waals surface area (Å²) in [7, 11) is 1.96. The van der Waals surface area contributed by atoms with Gasteiger partial charge in [-0.1, -0.05) is 78.5 Å². The van der Waals surface area contributed by atoms with Gasteiger partial charge in [0.25, 0.3) is 5.91 Å². The Bertz CT molecular complexity index is 1690. The molecule has 0 radical (unpaired) electrons. The summed E-state index contributed by atoms with van der Waals surface area (Å²) >= 11 is 0. The number of rotatable bonds is 13. The van der Waals surface area contributed by atoms with Crippen LogP contribution >= 0.6 is 0 Å². The van der Waals surface area contributed by atoms with Crippen LogP contribution in [0.25, 0.3) is 11.1 Å². The lowest BCUT2D eigenvalue weighted by molar-refractivity contribution is 0.0997. The maximum atomic E-state index is 11.3. The predicted molar refractivity (Wildman–Crippen MR) is 178 cm³/mol. The highest BCUT2D eigenvalue weighted by molar-refractivity contribution is 5.99. The van der Waals surface area contributed by atoms with E-state index in [0.29, 0.717) is 25.3 Å². The Morgan fingerprint density at radius 1 is 0.911 bits per heavy atom. The second kappa shape index (κ2) is 16.4. The Morgan fingerprint density at radius 2 is 1.60 bits per heavy atom. The van der Waals surface area contributed by atoms with Gasteiger partial charge in [-0.15, -0.1) is 0 Å². The van der Waals surface area contributed by atoms with Crippen LogP contribution in [0.4, 0.5) is 0 Å². The quantitative estimate of drug-likeness (QED) is 0.0573. The molecule has 8 nitrogen and oxygen atoms in total. The Labute approximate surface area is 264 Å². The first-order chi connectivity index (χ1) is 21.9. The number of likely N-dealkylation sites (N-methyl/N-ethyl adjacent to an activating group) is 1. The van der Waals surface area contributed by atoms with E-state index in [2.05, 4.69) is 48.2 Å². The van der Waals surface area contributed by atoms with Gasteiger partial charge in [-0.05, 0) is 89.3 Å². The summed E-state index contributed by atoms with van der Waals surface area (Å²) in [5.41, 5.74) is 11.5. The molecule has 0 aliphatic rings. The topological polar surface area (TPSA) is 118 Å². The Balaban J connectivity index is 1.28. The number of ether oxygens (including phenoxy) is 1. The van der Waals surface area contributed by atoms with Gasteiger partial charge in [0.05, 0.1) is 18.3 Å². The van der Waals surface area contributed by atoms with Crippen molar-refractivity contribution in [3.63, 3.8) is 0 Å². The maximum absolute atomic E-state index is 11.3. The molecule has 45 heavy (non-hydrogen) atoms. The normalized spacial score (nSPS) is 11.5. The molecule has 0 bridgehead atoms. The van der Waals surface area contributed by atoms with Crippen molar-refractivity contribution in [3.8, 4) is 29.1 Å². The molecule has 4 aromatic rings. The number of primary amides is 1. The second-order valence-corrected chi connectivity index (χ2v) is 10.2. The Hall–Kier alpha value is -5.52. The molecule has 0 aliphatic heterocycles. The largest absolute Gasteiger partial charge is 0.508 e. The van der Waals surface area contributed by atoms with Gasteiger partial charge in [0.1, 0.15) is 23.9 Å². The summed E-state index contributed by atoms with van der Waals surface area (Å²) in [4.78, 5) is 18.5. The van der Waals surface area contributed by atoms with Crippen LogP contribution in [-0.2, 0) is 4.84 Å². The van der Waals surface area contributed by atoms with Crippen molar-refractivity contribution in [3.05, 3.63) is 125 Å².